The van der Waals surface area contributed by atoms with Gasteiger partial charge in [0.15, 0.2) is 0 Å². The second-order valence-electron chi connectivity index (χ2n) is 5.94. The zero-order valence-corrected chi connectivity index (χ0v) is 12.6. The third-order valence-electron chi connectivity index (χ3n) is 4.26. The van der Waals surface area contributed by atoms with E-state index < -0.39 is 0 Å². The summed E-state index contributed by atoms with van der Waals surface area (Å²) in [6.45, 7) is 3.19. The van der Waals surface area contributed by atoms with Gasteiger partial charge in [0.1, 0.15) is 0 Å². The van der Waals surface area contributed by atoms with Gasteiger partial charge in [0.2, 0.25) is 0 Å². The van der Waals surface area contributed by atoms with Crippen LogP contribution in [0.1, 0.15) is 48.5 Å². The van der Waals surface area contributed by atoms with Crippen LogP contribution in [0.3, 0.4) is 0 Å². The van der Waals surface area contributed by atoms with E-state index in [4.69, 9.17) is 0 Å². The predicted molar refractivity (Wildman–Crippen MR) is 83.0 cm³/mol. The number of carbonyl (C=O) groups is 1. The maximum atomic E-state index is 12.4. The Balaban J connectivity index is 1.98. The molecular formula is C17H26N2O. The smallest absolute Gasteiger partial charge is 0.251 e. The van der Waals surface area contributed by atoms with Gasteiger partial charge in [0, 0.05) is 11.6 Å². The van der Waals surface area contributed by atoms with Crippen LogP contribution in [0.2, 0.25) is 0 Å². The monoisotopic (exact) mass is 274 g/mol. The molecule has 2 N–H and O–H groups in total. The molecule has 1 aromatic carbocycles. The summed E-state index contributed by atoms with van der Waals surface area (Å²) in [7, 11) is 1.94. The van der Waals surface area contributed by atoms with Crippen molar-refractivity contribution in [3.63, 3.8) is 0 Å². The van der Waals surface area contributed by atoms with E-state index in [1.165, 1.54) is 12.8 Å². The molecule has 0 spiro atoms. The van der Waals surface area contributed by atoms with E-state index in [1.807, 2.05) is 25.2 Å². The highest BCUT2D eigenvalue weighted by Gasteiger charge is 2.21. The third-order valence-corrected chi connectivity index (χ3v) is 4.26. The highest BCUT2D eigenvalue weighted by Crippen LogP contribution is 2.23. The standard InChI is InChI=1S/C17H26N2O/c1-13-7-9-15(10-8-13)19-17(20)16-6-4-3-5-14(16)11-12-18-2/h3-6,13,15,18H,7-12H2,1-2H3,(H,19,20). The van der Waals surface area contributed by atoms with Gasteiger partial charge in [-0.25, -0.2) is 0 Å². The van der Waals surface area contributed by atoms with Crippen LogP contribution in [0, 0.1) is 5.92 Å². The number of hydrogen-bond donors (Lipinski definition) is 2. The van der Waals surface area contributed by atoms with Gasteiger partial charge in [-0.1, -0.05) is 25.1 Å². The number of nitrogens with one attached hydrogen (secondary N) is 2. The van der Waals surface area contributed by atoms with E-state index in [0.717, 1.165) is 42.9 Å². The van der Waals surface area contributed by atoms with Crippen molar-refractivity contribution in [3.05, 3.63) is 35.4 Å². The van der Waals surface area contributed by atoms with E-state index in [2.05, 4.69) is 23.6 Å². The summed E-state index contributed by atoms with van der Waals surface area (Å²) in [5.74, 6) is 0.905. The van der Waals surface area contributed by atoms with E-state index in [0.29, 0.717) is 6.04 Å². The van der Waals surface area contributed by atoms with Crippen LogP contribution in [-0.4, -0.2) is 25.5 Å². The fourth-order valence-corrected chi connectivity index (χ4v) is 2.89. The van der Waals surface area contributed by atoms with E-state index in [1.54, 1.807) is 0 Å². The molecule has 0 aliphatic heterocycles. The molecule has 0 atom stereocenters. The number of likely N-dealkylation sites (N-methyl/N-ethyl adjacent to an activating group) is 1. The third kappa shape index (κ3) is 4.07. The van der Waals surface area contributed by atoms with Crippen LogP contribution >= 0.6 is 0 Å². The van der Waals surface area contributed by atoms with Crippen LogP contribution < -0.4 is 10.6 Å². The summed E-state index contributed by atoms with van der Waals surface area (Å²) in [6.07, 6.45) is 5.58. The Morgan fingerprint density at radius 2 is 1.90 bits per heavy atom. The Morgan fingerprint density at radius 3 is 2.60 bits per heavy atom. The molecule has 3 heteroatoms. The number of carbonyl (C=O) groups excluding carboxylic acids is 1. The summed E-state index contributed by atoms with van der Waals surface area (Å²) in [6, 6.07) is 8.29. The predicted octanol–water partition coefficient (Wildman–Crippen LogP) is 2.76. The lowest BCUT2D eigenvalue weighted by atomic mass is 9.87. The molecule has 0 bridgehead atoms. The molecule has 1 aliphatic carbocycles. The van der Waals surface area contributed by atoms with Gasteiger partial charge >= 0.3 is 0 Å². The minimum absolute atomic E-state index is 0.0938. The Kier molecular flexibility index (Phi) is 5.60. The molecule has 1 saturated carbocycles. The number of rotatable bonds is 5. The molecule has 2 rings (SSSR count). The van der Waals surface area contributed by atoms with E-state index >= 15 is 0 Å². The topological polar surface area (TPSA) is 41.1 Å². The van der Waals surface area contributed by atoms with Gasteiger partial charge in [-0.15, -0.1) is 0 Å². The van der Waals surface area contributed by atoms with Crippen molar-refractivity contribution in [1.82, 2.24) is 10.6 Å². The Morgan fingerprint density at radius 1 is 1.20 bits per heavy atom. The van der Waals surface area contributed by atoms with Gasteiger partial charge < -0.3 is 10.6 Å². The summed E-state index contributed by atoms with van der Waals surface area (Å²) < 4.78 is 0. The van der Waals surface area contributed by atoms with Crippen LogP contribution in [0.15, 0.2) is 24.3 Å². The molecule has 1 amide bonds. The maximum Gasteiger partial charge on any atom is 0.251 e. The first-order chi connectivity index (χ1) is 9.70. The molecule has 1 aliphatic rings. The molecule has 0 unspecified atom stereocenters. The maximum absolute atomic E-state index is 12.4. The van der Waals surface area contributed by atoms with Crippen LogP contribution in [0.25, 0.3) is 0 Å². The summed E-state index contributed by atoms with van der Waals surface area (Å²) in [5.41, 5.74) is 1.96. The lowest BCUT2D eigenvalue weighted by molar-refractivity contribution is 0.0922. The molecule has 0 radical (unpaired) electrons. The van der Waals surface area contributed by atoms with Gasteiger partial charge in [-0.05, 0) is 63.2 Å². The van der Waals surface area contributed by atoms with Crippen molar-refractivity contribution in [2.24, 2.45) is 5.92 Å². The lowest BCUT2D eigenvalue weighted by Crippen LogP contribution is -2.37. The molecule has 1 aromatic rings. The van der Waals surface area contributed by atoms with Crippen LogP contribution in [-0.2, 0) is 6.42 Å². The van der Waals surface area contributed by atoms with Crippen molar-refractivity contribution in [2.75, 3.05) is 13.6 Å². The quantitative estimate of drug-likeness (QED) is 0.867. The van der Waals surface area contributed by atoms with Crippen molar-refractivity contribution in [1.29, 1.82) is 0 Å². The summed E-state index contributed by atoms with van der Waals surface area (Å²) in [4.78, 5) is 12.4. The molecule has 20 heavy (non-hydrogen) atoms. The molecule has 1 fully saturated rings. The van der Waals surface area contributed by atoms with Crippen molar-refractivity contribution in [3.8, 4) is 0 Å². The molecule has 3 nitrogen and oxygen atoms in total. The number of amides is 1. The highest BCUT2D eigenvalue weighted by molar-refractivity contribution is 5.95. The highest BCUT2D eigenvalue weighted by atomic mass is 16.1. The minimum Gasteiger partial charge on any atom is -0.349 e. The average molecular weight is 274 g/mol. The second kappa shape index (κ2) is 7.44. The fourth-order valence-electron chi connectivity index (χ4n) is 2.89. The van der Waals surface area contributed by atoms with E-state index in [9.17, 15) is 4.79 Å². The number of hydrogen-bond acceptors (Lipinski definition) is 2. The van der Waals surface area contributed by atoms with Gasteiger partial charge in [-0.3, -0.25) is 4.79 Å². The Hall–Kier alpha value is -1.35. The first kappa shape index (κ1) is 15.0. The number of benzene rings is 1. The lowest BCUT2D eigenvalue weighted by Gasteiger charge is -2.27. The molecular weight excluding hydrogens is 248 g/mol. The molecule has 0 heterocycles. The molecule has 110 valence electrons. The minimum atomic E-state index is 0.0938. The normalized spacial score (nSPS) is 22.5. The summed E-state index contributed by atoms with van der Waals surface area (Å²) >= 11 is 0. The van der Waals surface area contributed by atoms with Crippen LogP contribution in [0.4, 0.5) is 0 Å². The summed E-state index contributed by atoms with van der Waals surface area (Å²) in [5, 5.41) is 6.35. The fraction of sp³-hybridized carbons (Fsp3) is 0.588. The van der Waals surface area contributed by atoms with Crippen LogP contribution in [0.5, 0.6) is 0 Å². The molecule has 0 saturated heterocycles. The van der Waals surface area contributed by atoms with Gasteiger partial charge in [0.05, 0.1) is 0 Å². The zero-order valence-electron chi connectivity index (χ0n) is 12.6. The van der Waals surface area contributed by atoms with E-state index in [-0.39, 0.29) is 5.91 Å². The van der Waals surface area contributed by atoms with Crippen molar-refractivity contribution >= 4 is 5.91 Å². The first-order valence-electron chi connectivity index (χ1n) is 7.74. The van der Waals surface area contributed by atoms with Crippen molar-refractivity contribution in [2.45, 2.75) is 45.1 Å². The molecule has 0 aromatic heterocycles. The second-order valence-corrected chi connectivity index (χ2v) is 5.94. The first-order valence-corrected chi connectivity index (χ1v) is 7.74. The largest absolute Gasteiger partial charge is 0.349 e. The zero-order chi connectivity index (χ0) is 14.4. The SMILES string of the molecule is CNCCc1ccccc1C(=O)NC1CCC(C)CC1. The van der Waals surface area contributed by atoms with Gasteiger partial charge in [-0.2, -0.15) is 0 Å². The van der Waals surface area contributed by atoms with Gasteiger partial charge in [0.25, 0.3) is 5.91 Å². The Labute approximate surface area is 122 Å². The Bertz CT molecular complexity index is 436. The van der Waals surface area contributed by atoms with Crippen molar-refractivity contribution < 1.29 is 4.79 Å². The average Bonchev–Trinajstić information content (AvgIpc) is 2.47.